The average Bonchev–Trinajstić information content (AvgIpc) is 2.81. The first-order chi connectivity index (χ1) is 16.1. The Morgan fingerprint density at radius 2 is 1.65 bits per heavy atom. The van der Waals surface area contributed by atoms with Gasteiger partial charge in [-0.2, -0.15) is 0 Å². The Labute approximate surface area is 204 Å². The molecule has 1 amide bonds. The Morgan fingerprint density at radius 1 is 1.06 bits per heavy atom. The summed E-state index contributed by atoms with van der Waals surface area (Å²) in [6.07, 6.45) is 4.89. The van der Waals surface area contributed by atoms with Crippen LogP contribution in [0, 0.1) is 25.6 Å². The number of piperidine rings is 1. The molecule has 0 unspecified atom stereocenters. The minimum Gasteiger partial charge on any atom is -0.378 e. The van der Waals surface area contributed by atoms with Gasteiger partial charge in [0.15, 0.2) is 0 Å². The van der Waals surface area contributed by atoms with Crippen LogP contribution in [0.2, 0.25) is 0 Å². The minimum absolute atomic E-state index is 0.0893. The number of carbonyl (C=O) groups excluding carboxylic acids is 1. The van der Waals surface area contributed by atoms with Gasteiger partial charge in [0.25, 0.3) is 5.91 Å². The third kappa shape index (κ3) is 5.67. The standard InChI is InChI=1S/C30H37FN2O/c1-8-27(22(4)23(5)32(6)7)28-19-29(21(3)17-20(28)2)30(34)33-15-13-25(14-16-33)18-24-9-11-26(31)12-10-24/h8-12,17,19,25H,4-5,13-16,18H2,1-3,6-7H3/b27-8-. The molecule has 0 aliphatic carbocycles. The molecule has 0 N–H and O–H groups in total. The minimum atomic E-state index is -0.201. The highest BCUT2D eigenvalue weighted by Crippen LogP contribution is 2.32. The number of hydrogen-bond acceptors (Lipinski definition) is 2. The number of allylic oxidation sites excluding steroid dienone is 2. The maximum atomic E-state index is 13.5. The molecular formula is C30H37FN2O. The van der Waals surface area contributed by atoms with E-state index in [0.717, 1.165) is 77.0 Å². The molecule has 1 aliphatic heterocycles. The molecule has 0 spiro atoms. The van der Waals surface area contributed by atoms with Crippen molar-refractivity contribution in [2.75, 3.05) is 27.2 Å². The van der Waals surface area contributed by atoms with Crippen LogP contribution in [-0.4, -0.2) is 42.9 Å². The number of amides is 1. The lowest BCUT2D eigenvalue weighted by Gasteiger charge is -2.33. The number of likely N-dealkylation sites (N-methyl/N-ethyl adjacent to an activating group) is 1. The number of benzene rings is 2. The second kappa shape index (κ2) is 10.9. The fourth-order valence-electron chi connectivity index (χ4n) is 4.75. The highest BCUT2D eigenvalue weighted by atomic mass is 19.1. The van der Waals surface area contributed by atoms with Crippen LogP contribution >= 0.6 is 0 Å². The molecule has 1 heterocycles. The molecule has 1 fully saturated rings. The van der Waals surface area contributed by atoms with E-state index >= 15 is 0 Å². The topological polar surface area (TPSA) is 23.6 Å². The molecule has 1 aliphatic rings. The summed E-state index contributed by atoms with van der Waals surface area (Å²) in [4.78, 5) is 17.5. The maximum Gasteiger partial charge on any atom is 0.254 e. The first-order valence-electron chi connectivity index (χ1n) is 12.0. The van der Waals surface area contributed by atoms with Crippen molar-refractivity contribution in [3.8, 4) is 0 Å². The Balaban J connectivity index is 1.76. The van der Waals surface area contributed by atoms with Gasteiger partial charge in [0.05, 0.1) is 0 Å². The summed E-state index contributed by atoms with van der Waals surface area (Å²) in [5.41, 5.74) is 7.76. The van der Waals surface area contributed by atoms with Crippen LogP contribution in [0.3, 0.4) is 0 Å². The fourth-order valence-corrected chi connectivity index (χ4v) is 4.75. The SMILES string of the molecule is C=C(C(=C)N(C)C)/C(=C/C)c1cc(C(=O)N2CCC(Cc3ccc(F)cc3)CC2)c(C)cc1C. The molecule has 1 saturated heterocycles. The van der Waals surface area contributed by atoms with Gasteiger partial charge in [-0.3, -0.25) is 4.79 Å². The van der Waals surface area contributed by atoms with Crippen molar-refractivity contribution in [3.05, 3.63) is 101 Å². The third-order valence-electron chi connectivity index (χ3n) is 6.93. The summed E-state index contributed by atoms with van der Waals surface area (Å²) in [5.74, 6) is 0.401. The molecule has 0 aromatic heterocycles. The van der Waals surface area contributed by atoms with E-state index in [4.69, 9.17) is 0 Å². The molecular weight excluding hydrogens is 423 g/mol. The summed E-state index contributed by atoms with van der Waals surface area (Å²) in [6.45, 7) is 16.0. The normalized spacial score (nSPS) is 14.8. The van der Waals surface area contributed by atoms with Gasteiger partial charge in [-0.05, 0) is 97.6 Å². The van der Waals surface area contributed by atoms with Crippen molar-refractivity contribution in [2.45, 2.75) is 40.0 Å². The van der Waals surface area contributed by atoms with E-state index in [1.54, 1.807) is 0 Å². The van der Waals surface area contributed by atoms with Crippen molar-refractivity contribution >= 4 is 11.5 Å². The molecule has 180 valence electrons. The number of rotatable bonds is 7. The zero-order valence-electron chi connectivity index (χ0n) is 21.2. The van der Waals surface area contributed by atoms with Crippen LogP contribution in [0.5, 0.6) is 0 Å². The van der Waals surface area contributed by atoms with Gasteiger partial charge in [0, 0.05) is 38.4 Å². The predicted molar refractivity (Wildman–Crippen MR) is 140 cm³/mol. The molecule has 0 atom stereocenters. The molecule has 3 rings (SSSR count). The van der Waals surface area contributed by atoms with E-state index in [1.807, 2.05) is 62.0 Å². The van der Waals surface area contributed by atoms with E-state index < -0.39 is 0 Å². The van der Waals surface area contributed by atoms with E-state index in [-0.39, 0.29) is 11.7 Å². The fraction of sp³-hybridized carbons (Fsp3) is 0.367. The van der Waals surface area contributed by atoms with Gasteiger partial charge in [-0.25, -0.2) is 4.39 Å². The Hall–Kier alpha value is -3.14. The number of halogens is 1. The van der Waals surface area contributed by atoms with Gasteiger partial charge in [0.2, 0.25) is 0 Å². The van der Waals surface area contributed by atoms with Crippen molar-refractivity contribution < 1.29 is 9.18 Å². The predicted octanol–water partition coefficient (Wildman–Crippen LogP) is 6.57. The zero-order chi connectivity index (χ0) is 25.0. The van der Waals surface area contributed by atoms with Crippen molar-refractivity contribution in [1.82, 2.24) is 9.80 Å². The molecule has 34 heavy (non-hydrogen) atoms. The molecule has 4 heteroatoms. The van der Waals surface area contributed by atoms with Crippen LogP contribution in [0.25, 0.3) is 5.57 Å². The van der Waals surface area contributed by atoms with E-state index in [2.05, 4.69) is 26.1 Å². The Morgan fingerprint density at radius 3 is 2.21 bits per heavy atom. The molecule has 0 saturated carbocycles. The third-order valence-corrected chi connectivity index (χ3v) is 6.93. The van der Waals surface area contributed by atoms with Crippen LogP contribution in [0.15, 0.2) is 66.9 Å². The maximum absolute atomic E-state index is 13.5. The quantitative estimate of drug-likeness (QED) is 0.436. The number of nitrogens with zero attached hydrogens (tertiary/aromatic N) is 2. The van der Waals surface area contributed by atoms with Crippen LogP contribution in [0.4, 0.5) is 4.39 Å². The van der Waals surface area contributed by atoms with Crippen LogP contribution in [0.1, 0.15) is 52.4 Å². The molecule has 0 radical (unpaired) electrons. The second-order valence-electron chi connectivity index (χ2n) is 9.57. The number of aryl methyl sites for hydroxylation is 2. The number of hydrogen-bond donors (Lipinski definition) is 0. The summed E-state index contributed by atoms with van der Waals surface area (Å²) in [6, 6.07) is 10.9. The highest BCUT2D eigenvalue weighted by molar-refractivity contribution is 5.98. The van der Waals surface area contributed by atoms with Crippen molar-refractivity contribution in [3.63, 3.8) is 0 Å². The van der Waals surface area contributed by atoms with Gasteiger partial charge < -0.3 is 9.80 Å². The van der Waals surface area contributed by atoms with E-state index in [0.29, 0.717) is 5.92 Å². The monoisotopic (exact) mass is 460 g/mol. The van der Waals surface area contributed by atoms with Crippen LogP contribution < -0.4 is 0 Å². The number of likely N-dealkylation sites (tertiary alicyclic amines) is 1. The Kier molecular flexibility index (Phi) is 8.14. The summed E-state index contributed by atoms with van der Waals surface area (Å²) < 4.78 is 13.2. The summed E-state index contributed by atoms with van der Waals surface area (Å²) in [7, 11) is 3.91. The van der Waals surface area contributed by atoms with Gasteiger partial charge in [0.1, 0.15) is 5.82 Å². The largest absolute Gasteiger partial charge is 0.378 e. The number of carbonyl (C=O) groups is 1. The summed E-state index contributed by atoms with van der Waals surface area (Å²) in [5, 5.41) is 0. The first kappa shape index (κ1) is 25.5. The van der Waals surface area contributed by atoms with Gasteiger partial charge in [-0.1, -0.05) is 37.4 Å². The first-order valence-corrected chi connectivity index (χ1v) is 12.0. The lowest BCUT2D eigenvalue weighted by Crippen LogP contribution is -2.39. The summed E-state index contributed by atoms with van der Waals surface area (Å²) >= 11 is 0. The van der Waals surface area contributed by atoms with Crippen molar-refractivity contribution in [1.29, 1.82) is 0 Å². The van der Waals surface area contributed by atoms with E-state index in [1.165, 1.54) is 12.1 Å². The molecule has 2 aromatic rings. The zero-order valence-corrected chi connectivity index (χ0v) is 21.2. The lowest BCUT2D eigenvalue weighted by atomic mass is 9.88. The molecule has 0 bridgehead atoms. The van der Waals surface area contributed by atoms with Crippen molar-refractivity contribution in [2.24, 2.45) is 5.92 Å². The van der Waals surface area contributed by atoms with Crippen LogP contribution in [-0.2, 0) is 6.42 Å². The van der Waals surface area contributed by atoms with E-state index in [9.17, 15) is 9.18 Å². The lowest BCUT2D eigenvalue weighted by molar-refractivity contribution is 0.0690. The smallest absolute Gasteiger partial charge is 0.254 e. The van der Waals surface area contributed by atoms with Gasteiger partial charge >= 0.3 is 0 Å². The molecule has 2 aromatic carbocycles. The average molecular weight is 461 g/mol. The van der Waals surface area contributed by atoms with Gasteiger partial charge in [-0.15, -0.1) is 0 Å². The molecule has 3 nitrogen and oxygen atoms in total. The highest BCUT2D eigenvalue weighted by Gasteiger charge is 2.26. The Bertz CT molecular complexity index is 1100. The second-order valence-corrected chi connectivity index (χ2v) is 9.57.